The minimum absolute atomic E-state index is 0.924. The van der Waals surface area contributed by atoms with Crippen LogP contribution < -0.4 is 4.90 Å². The molecule has 0 aliphatic rings. The number of furan rings is 1. The molecule has 10 aromatic rings. The molecule has 0 unspecified atom stereocenters. The maximum atomic E-state index is 6.31. The smallest absolute Gasteiger partial charge is 0.143 e. The minimum atomic E-state index is 0.924. The molecule has 3 heteroatoms. The molecule has 0 atom stereocenters. The van der Waals surface area contributed by atoms with Crippen molar-refractivity contribution < 1.29 is 4.42 Å². The lowest BCUT2D eigenvalue weighted by atomic mass is 9.99. The number of hydrogen-bond acceptors (Lipinski definition) is 2. The highest BCUT2D eigenvalue weighted by atomic mass is 16.3. The number of fused-ring (bicyclic) bond motifs is 8. The molecule has 0 saturated heterocycles. The highest BCUT2D eigenvalue weighted by molar-refractivity contribution is 6.15. The molecular formula is C46H30N2O. The molecule has 3 nitrogen and oxygen atoms in total. The van der Waals surface area contributed by atoms with E-state index in [0.717, 1.165) is 50.1 Å². The molecule has 0 fully saturated rings. The molecule has 2 heterocycles. The summed E-state index contributed by atoms with van der Waals surface area (Å²) in [7, 11) is 0. The number of benzene rings is 8. The van der Waals surface area contributed by atoms with Gasteiger partial charge in [-0.25, -0.2) is 0 Å². The second-order valence-electron chi connectivity index (χ2n) is 12.6. The summed E-state index contributed by atoms with van der Waals surface area (Å²) < 4.78 is 8.68. The van der Waals surface area contributed by atoms with E-state index < -0.39 is 0 Å². The van der Waals surface area contributed by atoms with E-state index in [9.17, 15) is 0 Å². The lowest BCUT2D eigenvalue weighted by Gasteiger charge is -2.26. The third-order valence-corrected chi connectivity index (χ3v) is 9.76. The molecule has 8 aromatic carbocycles. The van der Waals surface area contributed by atoms with Gasteiger partial charge in [0.15, 0.2) is 0 Å². The van der Waals surface area contributed by atoms with Crippen LogP contribution in [-0.2, 0) is 0 Å². The molecule has 0 amide bonds. The normalized spacial score (nSPS) is 11.7. The number of anilines is 3. The van der Waals surface area contributed by atoms with Crippen molar-refractivity contribution in [3.63, 3.8) is 0 Å². The van der Waals surface area contributed by atoms with Crippen LogP contribution in [0.15, 0.2) is 186 Å². The Hall–Kier alpha value is -6.58. The van der Waals surface area contributed by atoms with Crippen molar-refractivity contribution in [3.8, 4) is 16.8 Å². The van der Waals surface area contributed by atoms with Gasteiger partial charge in [-0.1, -0.05) is 103 Å². The van der Waals surface area contributed by atoms with Gasteiger partial charge in [0.25, 0.3) is 0 Å². The van der Waals surface area contributed by atoms with E-state index in [1.54, 1.807) is 0 Å². The summed E-state index contributed by atoms with van der Waals surface area (Å²) >= 11 is 0. The first-order valence-electron chi connectivity index (χ1n) is 16.7. The summed E-state index contributed by atoms with van der Waals surface area (Å²) in [6.07, 6.45) is 0. The summed E-state index contributed by atoms with van der Waals surface area (Å²) in [5.41, 5.74) is 11.1. The Morgan fingerprint density at radius 2 is 1.00 bits per heavy atom. The first-order valence-corrected chi connectivity index (χ1v) is 16.7. The van der Waals surface area contributed by atoms with E-state index in [-0.39, 0.29) is 0 Å². The summed E-state index contributed by atoms with van der Waals surface area (Å²) in [6.45, 7) is 0. The largest absolute Gasteiger partial charge is 0.455 e. The molecule has 0 aliphatic heterocycles. The molecule has 0 radical (unpaired) electrons. The van der Waals surface area contributed by atoms with Crippen molar-refractivity contribution >= 4 is 71.6 Å². The van der Waals surface area contributed by atoms with Crippen LogP contribution >= 0.6 is 0 Å². The Labute approximate surface area is 283 Å². The molecule has 0 N–H and O–H groups in total. The zero-order valence-corrected chi connectivity index (χ0v) is 26.6. The average molecular weight is 627 g/mol. The number of nitrogens with zero attached hydrogens (tertiary/aromatic N) is 2. The van der Waals surface area contributed by atoms with Crippen LogP contribution in [0.2, 0.25) is 0 Å². The summed E-state index contributed by atoms with van der Waals surface area (Å²) in [5.74, 6) is 0. The molecule has 2 aromatic heterocycles. The van der Waals surface area contributed by atoms with Gasteiger partial charge < -0.3 is 13.9 Å². The number of para-hydroxylation sites is 4. The first kappa shape index (κ1) is 27.5. The minimum Gasteiger partial charge on any atom is -0.455 e. The fourth-order valence-corrected chi connectivity index (χ4v) is 7.47. The lowest BCUT2D eigenvalue weighted by molar-refractivity contribution is 0.672. The van der Waals surface area contributed by atoms with Crippen LogP contribution in [-0.4, -0.2) is 4.57 Å². The predicted octanol–water partition coefficient (Wildman–Crippen LogP) is 13.0. The molecule has 230 valence electrons. The second kappa shape index (κ2) is 11.0. The van der Waals surface area contributed by atoms with E-state index in [4.69, 9.17) is 4.42 Å². The number of hydrogen-bond donors (Lipinski definition) is 0. The van der Waals surface area contributed by atoms with E-state index in [2.05, 4.69) is 179 Å². The van der Waals surface area contributed by atoms with E-state index in [1.165, 1.54) is 38.3 Å². The van der Waals surface area contributed by atoms with Gasteiger partial charge in [0.1, 0.15) is 11.2 Å². The fraction of sp³-hybridized carbons (Fsp3) is 0. The Morgan fingerprint density at radius 1 is 0.388 bits per heavy atom. The quantitative estimate of drug-likeness (QED) is 0.190. The monoisotopic (exact) mass is 626 g/mol. The first-order chi connectivity index (χ1) is 24.3. The standard InChI is InChI=1S/C46H30N2O/c1-3-11-34(12-4-1)47(37-25-28-40-39-15-7-9-17-43(39)48(44(40)30-37)35-13-5-2-6-14-35)36-23-19-31(20-24-36)32-21-26-38-33(29-32)22-27-42-41-16-8-10-18-45(41)49-46(38)42/h1-30H. The average Bonchev–Trinajstić information content (AvgIpc) is 3.72. The van der Waals surface area contributed by atoms with Gasteiger partial charge in [-0.3, -0.25) is 0 Å². The van der Waals surface area contributed by atoms with Gasteiger partial charge >= 0.3 is 0 Å². The van der Waals surface area contributed by atoms with Gasteiger partial charge in [0.05, 0.1) is 11.0 Å². The molecule has 0 aliphatic carbocycles. The van der Waals surface area contributed by atoms with Crippen LogP contribution in [0.25, 0.3) is 71.3 Å². The second-order valence-corrected chi connectivity index (χ2v) is 12.6. The zero-order chi connectivity index (χ0) is 32.3. The van der Waals surface area contributed by atoms with Crippen LogP contribution in [0.1, 0.15) is 0 Å². The summed E-state index contributed by atoms with van der Waals surface area (Å²) in [4.78, 5) is 2.34. The van der Waals surface area contributed by atoms with E-state index in [0.29, 0.717) is 0 Å². The highest BCUT2D eigenvalue weighted by Crippen LogP contribution is 2.41. The van der Waals surface area contributed by atoms with Crippen molar-refractivity contribution in [3.05, 3.63) is 182 Å². The van der Waals surface area contributed by atoms with Gasteiger partial charge in [0.2, 0.25) is 0 Å². The van der Waals surface area contributed by atoms with Crippen molar-refractivity contribution in [1.29, 1.82) is 0 Å². The molecule has 0 bridgehead atoms. The van der Waals surface area contributed by atoms with Gasteiger partial charge in [-0.2, -0.15) is 0 Å². The van der Waals surface area contributed by atoms with Crippen molar-refractivity contribution in [2.75, 3.05) is 4.90 Å². The van der Waals surface area contributed by atoms with Crippen molar-refractivity contribution in [2.45, 2.75) is 0 Å². The SMILES string of the molecule is c1ccc(N(c2ccc(-c3ccc4c(ccc5c6ccccc6oc45)c3)cc2)c2ccc3c4ccccc4n(-c4ccccc4)c3c2)cc1. The number of rotatable bonds is 5. The maximum absolute atomic E-state index is 6.31. The van der Waals surface area contributed by atoms with Crippen molar-refractivity contribution in [1.82, 2.24) is 4.57 Å². The molecule has 10 rings (SSSR count). The summed E-state index contributed by atoms with van der Waals surface area (Å²) in [5, 5.41) is 7.10. The Kier molecular flexibility index (Phi) is 6.18. The van der Waals surface area contributed by atoms with Gasteiger partial charge in [0, 0.05) is 49.7 Å². The third kappa shape index (κ3) is 4.44. The predicted molar refractivity (Wildman–Crippen MR) is 206 cm³/mol. The fourth-order valence-electron chi connectivity index (χ4n) is 7.47. The van der Waals surface area contributed by atoms with Crippen LogP contribution in [0.5, 0.6) is 0 Å². The highest BCUT2D eigenvalue weighted by Gasteiger charge is 2.18. The molecule has 0 saturated carbocycles. The maximum Gasteiger partial charge on any atom is 0.143 e. The molecule has 0 spiro atoms. The topological polar surface area (TPSA) is 21.3 Å². The number of aromatic nitrogens is 1. The molecule has 49 heavy (non-hydrogen) atoms. The molecular weight excluding hydrogens is 597 g/mol. The van der Waals surface area contributed by atoms with Crippen LogP contribution in [0.4, 0.5) is 17.1 Å². The Morgan fingerprint density at radius 3 is 1.84 bits per heavy atom. The van der Waals surface area contributed by atoms with E-state index >= 15 is 0 Å². The third-order valence-electron chi connectivity index (χ3n) is 9.76. The zero-order valence-electron chi connectivity index (χ0n) is 26.6. The van der Waals surface area contributed by atoms with E-state index in [1.807, 2.05) is 12.1 Å². The Bertz CT molecular complexity index is 2810. The summed E-state index contributed by atoms with van der Waals surface area (Å²) in [6, 6.07) is 65.0. The Balaban J connectivity index is 1.08. The lowest BCUT2D eigenvalue weighted by Crippen LogP contribution is -2.10. The van der Waals surface area contributed by atoms with Crippen molar-refractivity contribution in [2.24, 2.45) is 0 Å². The van der Waals surface area contributed by atoms with Crippen LogP contribution in [0, 0.1) is 0 Å². The van der Waals surface area contributed by atoms with Gasteiger partial charge in [-0.05, 0) is 95.4 Å². The van der Waals surface area contributed by atoms with Gasteiger partial charge in [-0.15, -0.1) is 0 Å². The van der Waals surface area contributed by atoms with Crippen LogP contribution in [0.3, 0.4) is 0 Å².